The first kappa shape index (κ1) is 13.3. The zero-order valence-corrected chi connectivity index (χ0v) is 11.1. The Morgan fingerprint density at radius 3 is 2.67 bits per heavy atom. The van der Waals surface area contributed by atoms with Gasteiger partial charge in [0.25, 0.3) is 0 Å². The van der Waals surface area contributed by atoms with Gasteiger partial charge in [0.15, 0.2) is 0 Å². The van der Waals surface area contributed by atoms with Crippen LogP contribution in [0.5, 0.6) is 0 Å². The van der Waals surface area contributed by atoms with Gasteiger partial charge in [0, 0.05) is 13.1 Å². The van der Waals surface area contributed by atoms with E-state index < -0.39 is 15.8 Å². The van der Waals surface area contributed by atoms with Crippen molar-refractivity contribution >= 4 is 15.7 Å². The Morgan fingerprint density at radius 1 is 1.44 bits per heavy atom. The maximum absolute atomic E-state index is 13.3. The van der Waals surface area contributed by atoms with Crippen LogP contribution in [0.15, 0.2) is 23.1 Å². The highest BCUT2D eigenvalue weighted by atomic mass is 32.2. The maximum atomic E-state index is 13.3. The molecule has 4 nitrogen and oxygen atoms in total. The number of hydrogen-bond donors (Lipinski definition) is 1. The minimum atomic E-state index is -3.69. The SMILES string of the molecule is CCN(CC1CC1)S(=O)(=O)c1cccc(F)c1N. The Hall–Kier alpha value is -1.14. The molecule has 0 saturated heterocycles. The molecule has 18 heavy (non-hydrogen) atoms. The largest absolute Gasteiger partial charge is 0.395 e. The fraction of sp³-hybridized carbons (Fsp3) is 0.500. The van der Waals surface area contributed by atoms with Gasteiger partial charge in [-0.15, -0.1) is 0 Å². The topological polar surface area (TPSA) is 63.4 Å². The van der Waals surface area contributed by atoms with Crippen LogP contribution >= 0.6 is 0 Å². The van der Waals surface area contributed by atoms with Crippen molar-refractivity contribution in [2.75, 3.05) is 18.8 Å². The number of halogens is 1. The predicted molar refractivity (Wildman–Crippen MR) is 68.0 cm³/mol. The molecule has 1 aromatic rings. The summed E-state index contributed by atoms with van der Waals surface area (Å²) in [4.78, 5) is -0.134. The number of nitrogens with zero attached hydrogens (tertiary/aromatic N) is 1. The van der Waals surface area contributed by atoms with E-state index in [4.69, 9.17) is 5.73 Å². The van der Waals surface area contributed by atoms with Crippen molar-refractivity contribution in [1.82, 2.24) is 4.31 Å². The van der Waals surface area contributed by atoms with Gasteiger partial charge >= 0.3 is 0 Å². The fourth-order valence-electron chi connectivity index (χ4n) is 1.87. The number of benzene rings is 1. The summed E-state index contributed by atoms with van der Waals surface area (Å²) in [6, 6.07) is 3.87. The molecule has 2 rings (SSSR count). The smallest absolute Gasteiger partial charge is 0.245 e. The summed E-state index contributed by atoms with van der Waals surface area (Å²) < 4.78 is 39.5. The molecule has 6 heteroatoms. The maximum Gasteiger partial charge on any atom is 0.245 e. The Labute approximate surface area is 107 Å². The van der Waals surface area contributed by atoms with Crippen LogP contribution in [-0.2, 0) is 10.0 Å². The summed E-state index contributed by atoms with van der Waals surface area (Å²) in [5.74, 6) is -0.256. The first-order chi connectivity index (χ1) is 8.46. The Kier molecular flexibility index (Phi) is 3.59. The van der Waals surface area contributed by atoms with E-state index in [1.165, 1.54) is 16.4 Å². The average Bonchev–Trinajstić information content (AvgIpc) is 3.13. The van der Waals surface area contributed by atoms with Crippen molar-refractivity contribution in [3.05, 3.63) is 24.0 Å². The standard InChI is InChI=1S/C12H17FN2O2S/c1-2-15(8-9-6-7-9)18(16,17)11-5-3-4-10(13)12(11)14/h3-5,9H,2,6-8,14H2,1H3. The van der Waals surface area contributed by atoms with Crippen molar-refractivity contribution in [3.63, 3.8) is 0 Å². The van der Waals surface area contributed by atoms with Gasteiger partial charge < -0.3 is 5.73 Å². The van der Waals surface area contributed by atoms with Gasteiger partial charge in [0.2, 0.25) is 10.0 Å². The Balaban J connectivity index is 2.36. The molecule has 1 aromatic carbocycles. The molecule has 0 heterocycles. The predicted octanol–water partition coefficient (Wildman–Crippen LogP) is 1.83. The van der Waals surface area contributed by atoms with E-state index in [0.29, 0.717) is 19.0 Å². The molecule has 1 saturated carbocycles. The van der Waals surface area contributed by atoms with Gasteiger partial charge in [-0.25, -0.2) is 12.8 Å². The minimum Gasteiger partial charge on any atom is -0.395 e. The van der Waals surface area contributed by atoms with Crippen LogP contribution < -0.4 is 5.73 Å². The quantitative estimate of drug-likeness (QED) is 0.832. The lowest BCUT2D eigenvalue weighted by molar-refractivity contribution is 0.412. The van der Waals surface area contributed by atoms with Crippen molar-refractivity contribution in [1.29, 1.82) is 0 Å². The Bertz CT molecular complexity index is 541. The summed E-state index contributed by atoms with van der Waals surface area (Å²) in [6.07, 6.45) is 2.12. The van der Waals surface area contributed by atoms with Crippen LogP contribution in [-0.4, -0.2) is 25.8 Å². The third-order valence-electron chi connectivity index (χ3n) is 3.14. The van der Waals surface area contributed by atoms with Gasteiger partial charge in [0.05, 0.1) is 5.69 Å². The first-order valence-electron chi connectivity index (χ1n) is 6.01. The molecular formula is C12H17FN2O2S. The van der Waals surface area contributed by atoms with Gasteiger partial charge in [0.1, 0.15) is 10.7 Å². The molecule has 0 radical (unpaired) electrons. The molecule has 100 valence electrons. The third kappa shape index (κ3) is 2.49. The zero-order chi connectivity index (χ0) is 13.3. The van der Waals surface area contributed by atoms with E-state index in [0.717, 1.165) is 18.9 Å². The lowest BCUT2D eigenvalue weighted by atomic mass is 10.3. The van der Waals surface area contributed by atoms with E-state index >= 15 is 0 Å². The minimum absolute atomic E-state index is 0.134. The molecule has 0 aliphatic heterocycles. The first-order valence-corrected chi connectivity index (χ1v) is 7.45. The van der Waals surface area contributed by atoms with E-state index in [1.54, 1.807) is 6.92 Å². The highest BCUT2D eigenvalue weighted by molar-refractivity contribution is 7.89. The van der Waals surface area contributed by atoms with E-state index in [2.05, 4.69) is 0 Å². The van der Waals surface area contributed by atoms with Gasteiger partial charge in [-0.2, -0.15) is 4.31 Å². The lowest BCUT2D eigenvalue weighted by Crippen LogP contribution is -2.33. The molecule has 0 bridgehead atoms. The molecule has 0 aromatic heterocycles. The number of hydrogen-bond acceptors (Lipinski definition) is 3. The van der Waals surface area contributed by atoms with Crippen LogP contribution in [0.25, 0.3) is 0 Å². The monoisotopic (exact) mass is 272 g/mol. The zero-order valence-electron chi connectivity index (χ0n) is 10.3. The molecular weight excluding hydrogens is 255 g/mol. The number of sulfonamides is 1. The molecule has 0 amide bonds. The van der Waals surface area contributed by atoms with Crippen LogP contribution in [0.4, 0.5) is 10.1 Å². The summed E-state index contributed by atoms with van der Waals surface area (Å²) in [5.41, 5.74) is 5.23. The van der Waals surface area contributed by atoms with Gasteiger partial charge in [-0.05, 0) is 30.9 Å². The van der Waals surface area contributed by atoms with Gasteiger partial charge in [-0.3, -0.25) is 0 Å². The van der Waals surface area contributed by atoms with E-state index in [-0.39, 0.29) is 10.6 Å². The van der Waals surface area contributed by atoms with Crippen LogP contribution in [0.3, 0.4) is 0 Å². The van der Waals surface area contributed by atoms with Crippen LogP contribution in [0, 0.1) is 11.7 Å². The number of anilines is 1. The second-order valence-electron chi connectivity index (χ2n) is 4.55. The molecule has 0 spiro atoms. The number of nitrogens with two attached hydrogens (primary N) is 1. The van der Waals surface area contributed by atoms with Crippen LogP contribution in [0.2, 0.25) is 0 Å². The van der Waals surface area contributed by atoms with Crippen molar-refractivity contribution in [2.24, 2.45) is 5.92 Å². The highest BCUT2D eigenvalue weighted by Crippen LogP contribution is 2.32. The summed E-state index contributed by atoms with van der Waals surface area (Å²) >= 11 is 0. The third-order valence-corrected chi connectivity index (χ3v) is 5.14. The normalized spacial score (nSPS) is 16.2. The van der Waals surface area contributed by atoms with E-state index in [9.17, 15) is 12.8 Å². The Morgan fingerprint density at radius 2 is 2.11 bits per heavy atom. The summed E-state index contributed by atoms with van der Waals surface area (Å²) in [5, 5.41) is 0. The average molecular weight is 272 g/mol. The van der Waals surface area contributed by atoms with E-state index in [1.807, 2.05) is 0 Å². The molecule has 1 aliphatic rings. The molecule has 1 fully saturated rings. The molecule has 0 atom stereocenters. The molecule has 2 N–H and O–H groups in total. The summed E-state index contributed by atoms with van der Waals surface area (Å²) in [6.45, 7) is 2.64. The van der Waals surface area contributed by atoms with Gasteiger partial charge in [-0.1, -0.05) is 13.0 Å². The number of rotatable bonds is 5. The second kappa shape index (κ2) is 4.85. The van der Waals surface area contributed by atoms with Crippen molar-refractivity contribution < 1.29 is 12.8 Å². The van der Waals surface area contributed by atoms with Crippen molar-refractivity contribution in [3.8, 4) is 0 Å². The van der Waals surface area contributed by atoms with Crippen LogP contribution in [0.1, 0.15) is 19.8 Å². The molecule has 1 aliphatic carbocycles. The molecule has 0 unspecified atom stereocenters. The second-order valence-corrected chi connectivity index (χ2v) is 6.46. The fourth-order valence-corrected chi connectivity index (χ4v) is 3.52. The highest BCUT2D eigenvalue weighted by Gasteiger charge is 2.32. The lowest BCUT2D eigenvalue weighted by Gasteiger charge is -2.21. The number of nitrogen functional groups attached to an aromatic ring is 1. The summed E-state index contributed by atoms with van der Waals surface area (Å²) in [7, 11) is -3.69. The van der Waals surface area contributed by atoms with Crippen molar-refractivity contribution in [2.45, 2.75) is 24.7 Å². The number of para-hydroxylation sites is 1.